The minimum atomic E-state index is -0.183. The molecule has 0 aromatic rings. The highest BCUT2D eigenvalue weighted by atomic mass is 32.2. The smallest absolute Gasteiger partial charge is 0.307 e. The van der Waals surface area contributed by atoms with Gasteiger partial charge in [-0.25, -0.2) is 0 Å². The zero-order valence-electron chi connectivity index (χ0n) is 10.9. The molecule has 0 fully saturated rings. The lowest BCUT2D eigenvalue weighted by molar-refractivity contribution is -0.140. The van der Waals surface area contributed by atoms with Gasteiger partial charge in [0.05, 0.1) is 20.1 Å². The maximum absolute atomic E-state index is 10.9. The fourth-order valence-electron chi connectivity index (χ4n) is 1.92. The van der Waals surface area contributed by atoms with Crippen LogP contribution in [0.3, 0.4) is 0 Å². The molecule has 4 nitrogen and oxygen atoms in total. The van der Waals surface area contributed by atoms with Crippen LogP contribution in [0.5, 0.6) is 0 Å². The van der Waals surface area contributed by atoms with Crippen molar-refractivity contribution in [2.24, 2.45) is 10.9 Å². The van der Waals surface area contributed by atoms with Crippen LogP contribution in [0, 0.1) is 5.92 Å². The van der Waals surface area contributed by atoms with Gasteiger partial charge in [-0.05, 0) is 5.92 Å². The van der Waals surface area contributed by atoms with E-state index in [0.717, 1.165) is 17.6 Å². The molecule has 1 N–H and O–H groups in total. The van der Waals surface area contributed by atoms with Gasteiger partial charge in [0.25, 0.3) is 0 Å². The van der Waals surface area contributed by atoms with Gasteiger partial charge in [-0.3, -0.25) is 9.79 Å². The molecule has 0 bridgehead atoms. The number of esters is 1. The van der Waals surface area contributed by atoms with E-state index in [4.69, 9.17) is 0 Å². The lowest BCUT2D eigenvalue weighted by Gasteiger charge is -2.18. The van der Waals surface area contributed by atoms with Crippen molar-refractivity contribution in [3.05, 3.63) is 0 Å². The standard InChI is InChI=1S/C12H22N2O2S/c1-4-9(5-2)10-8-14-12(17-10)13-7-6-11(15)16-3/h9-10H,4-8H2,1-3H3,(H,13,14). The molecule has 0 aromatic carbocycles. The number of nitrogens with one attached hydrogen (secondary N) is 1. The first-order chi connectivity index (χ1) is 8.21. The van der Waals surface area contributed by atoms with E-state index in [1.165, 1.54) is 20.0 Å². The number of nitrogens with zero attached hydrogens (tertiary/aromatic N) is 1. The van der Waals surface area contributed by atoms with Crippen molar-refractivity contribution in [3.8, 4) is 0 Å². The summed E-state index contributed by atoms with van der Waals surface area (Å²) >= 11 is 1.81. The molecule has 0 aliphatic carbocycles. The van der Waals surface area contributed by atoms with Crippen LogP contribution in [0.25, 0.3) is 0 Å². The van der Waals surface area contributed by atoms with Crippen LogP contribution in [0.15, 0.2) is 4.99 Å². The monoisotopic (exact) mass is 258 g/mol. The predicted molar refractivity (Wildman–Crippen MR) is 72.4 cm³/mol. The third-order valence-corrected chi connectivity index (χ3v) is 4.42. The Hall–Kier alpha value is -0.710. The average molecular weight is 258 g/mol. The summed E-state index contributed by atoms with van der Waals surface area (Å²) in [5, 5.41) is 4.77. The van der Waals surface area contributed by atoms with Gasteiger partial charge in [0, 0.05) is 11.8 Å². The van der Waals surface area contributed by atoms with Gasteiger partial charge < -0.3 is 10.1 Å². The van der Waals surface area contributed by atoms with Gasteiger partial charge in [0.2, 0.25) is 0 Å². The fraction of sp³-hybridized carbons (Fsp3) is 0.833. The first-order valence-electron chi connectivity index (χ1n) is 6.23. The first kappa shape index (κ1) is 14.4. The molecule has 1 unspecified atom stereocenters. The number of carbonyl (C=O) groups excluding carboxylic acids is 1. The number of thioether (sulfide) groups is 1. The number of rotatable bonds is 6. The van der Waals surface area contributed by atoms with E-state index in [0.29, 0.717) is 18.2 Å². The SMILES string of the molecule is CCC(CC)C1CN=C(NCCC(=O)OC)S1. The van der Waals surface area contributed by atoms with Crippen LogP contribution in [-0.4, -0.2) is 36.6 Å². The Morgan fingerprint density at radius 3 is 2.88 bits per heavy atom. The normalized spacial score (nSPS) is 19.3. The summed E-state index contributed by atoms with van der Waals surface area (Å²) in [7, 11) is 1.41. The Labute approximate surface area is 108 Å². The molecule has 0 saturated carbocycles. The van der Waals surface area contributed by atoms with Gasteiger partial charge in [0.1, 0.15) is 0 Å². The van der Waals surface area contributed by atoms with E-state index >= 15 is 0 Å². The number of aliphatic imine (C=N–C) groups is 1. The number of methoxy groups -OCH3 is 1. The number of amidine groups is 1. The number of hydrogen-bond donors (Lipinski definition) is 1. The van der Waals surface area contributed by atoms with Crippen molar-refractivity contribution in [2.75, 3.05) is 20.2 Å². The highest BCUT2D eigenvalue weighted by Crippen LogP contribution is 2.30. The third-order valence-electron chi connectivity index (χ3n) is 3.09. The molecule has 0 saturated heterocycles. The lowest BCUT2D eigenvalue weighted by atomic mass is 9.99. The van der Waals surface area contributed by atoms with E-state index in [1.807, 2.05) is 11.8 Å². The van der Waals surface area contributed by atoms with Crippen LogP contribution in [0.4, 0.5) is 0 Å². The molecule has 1 atom stereocenters. The van der Waals surface area contributed by atoms with E-state index in [1.54, 1.807) is 0 Å². The second kappa shape index (κ2) is 7.58. The number of hydrogen-bond acceptors (Lipinski definition) is 5. The number of ether oxygens (including phenoxy) is 1. The van der Waals surface area contributed by atoms with Crippen molar-refractivity contribution in [1.82, 2.24) is 5.32 Å². The summed E-state index contributed by atoms with van der Waals surface area (Å²) < 4.78 is 4.58. The highest BCUT2D eigenvalue weighted by molar-refractivity contribution is 8.14. The third kappa shape index (κ3) is 4.58. The van der Waals surface area contributed by atoms with Crippen LogP contribution in [0.2, 0.25) is 0 Å². The topological polar surface area (TPSA) is 50.7 Å². The molecule has 0 amide bonds. The van der Waals surface area contributed by atoms with Crippen LogP contribution >= 0.6 is 11.8 Å². The quantitative estimate of drug-likeness (QED) is 0.741. The van der Waals surface area contributed by atoms with Crippen LogP contribution < -0.4 is 5.32 Å². The molecule has 1 heterocycles. The maximum Gasteiger partial charge on any atom is 0.307 e. The molecule has 0 spiro atoms. The van der Waals surface area contributed by atoms with E-state index in [2.05, 4.69) is 28.9 Å². The molecule has 0 aromatic heterocycles. The Balaban J connectivity index is 2.23. The molecule has 5 heteroatoms. The second-order valence-electron chi connectivity index (χ2n) is 4.13. The lowest BCUT2D eigenvalue weighted by Crippen LogP contribution is -2.24. The maximum atomic E-state index is 10.9. The van der Waals surface area contributed by atoms with E-state index in [9.17, 15) is 4.79 Å². The minimum absolute atomic E-state index is 0.183. The molecule has 17 heavy (non-hydrogen) atoms. The Kier molecular flexibility index (Phi) is 6.40. The van der Waals surface area contributed by atoms with Crippen molar-refractivity contribution in [1.29, 1.82) is 0 Å². The molecular formula is C12H22N2O2S. The molecule has 1 rings (SSSR count). The summed E-state index contributed by atoms with van der Waals surface area (Å²) in [6.45, 7) is 5.97. The van der Waals surface area contributed by atoms with Gasteiger partial charge in [-0.1, -0.05) is 38.5 Å². The van der Waals surface area contributed by atoms with Crippen LogP contribution in [0.1, 0.15) is 33.1 Å². The number of carbonyl (C=O) groups is 1. The molecule has 1 aliphatic heterocycles. The first-order valence-corrected chi connectivity index (χ1v) is 7.11. The highest BCUT2D eigenvalue weighted by Gasteiger charge is 2.25. The molecular weight excluding hydrogens is 236 g/mol. The van der Waals surface area contributed by atoms with E-state index < -0.39 is 0 Å². The van der Waals surface area contributed by atoms with Gasteiger partial charge >= 0.3 is 5.97 Å². The van der Waals surface area contributed by atoms with Gasteiger partial charge in [-0.15, -0.1) is 0 Å². The fourth-order valence-corrected chi connectivity index (χ4v) is 3.27. The van der Waals surface area contributed by atoms with Gasteiger partial charge in [0.15, 0.2) is 5.17 Å². The minimum Gasteiger partial charge on any atom is -0.469 e. The zero-order chi connectivity index (χ0) is 12.7. The van der Waals surface area contributed by atoms with Crippen LogP contribution in [-0.2, 0) is 9.53 Å². The van der Waals surface area contributed by atoms with E-state index in [-0.39, 0.29) is 5.97 Å². The van der Waals surface area contributed by atoms with Crippen molar-refractivity contribution in [2.45, 2.75) is 38.4 Å². The second-order valence-corrected chi connectivity index (χ2v) is 5.36. The Bertz CT molecular complexity index is 278. The summed E-state index contributed by atoms with van der Waals surface area (Å²) in [5.41, 5.74) is 0. The summed E-state index contributed by atoms with van der Waals surface area (Å²) in [6.07, 6.45) is 2.81. The van der Waals surface area contributed by atoms with Crippen molar-refractivity contribution >= 4 is 22.9 Å². The Morgan fingerprint density at radius 1 is 1.59 bits per heavy atom. The predicted octanol–water partition coefficient (Wildman–Crippen LogP) is 2.05. The van der Waals surface area contributed by atoms with Crippen molar-refractivity contribution < 1.29 is 9.53 Å². The largest absolute Gasteiger partial charge is 0.469 e. The summed E-state index contributed by atoms with van der Waals surface area (Å²) in [4.78, 5) is 15.4. The summed E-state index contributed by atoms with van der Waals surface area (Å²) in [5.74, 6) is 0.557. The average Bonchev–Trinajstić information content (AvgIpc) is 2.79. The summed E-state index contributed by atoms with van der Waals surface area (Å²) in [6, 6.07) is 0. The van der Waals surface area contributed by atoms with Crippen molar-refractivity contribution in [3.63, 3.8) is 0 Å². The molecule has 0 radical (unpaired) electrons. The van der Waals surface area contributed by atoms with Gasteiger partial charge in [-0.2, -0.15) is 0 Å². The molecule has 1 aliphatic rings. The Morgan fingerprint density at radius 2 is 2.29 bits per heavy atom. The molecule has 98 valence electrons. The zero-order valence-corrected chi connectivity index (χ0v) is 11.7.